The molecule has 26 heavy (non-hydrogen) atoms. The lowest BCUT2D eigenvalue weighted by atomic mass is 10.2. The number of amides is 1. The molecule has 1 aromatic heterocycles. The van der Waals surface area contributed by atoms with Crippen molar-refractivity contribution in [2.24, 2.45) is 0 Å². The van der Waals surface area contributed by atoms with Gasteiger partial charge in [-0.3, -0.25) is 9.48 Å². The Labute approximate surface area is 155 Å². The van der Waals surface area contributed by atoms with Gasteiger partial charge in [0.25, 0.3) is 0 Å². The first-order valence-electron chi connectivity index (χ1n) is 8.76. The number of rotatable bonds is 9. The second-order valence-electron chi connectivity index (χ2n) is 5.99. The first-order valence-corrected chi connectivity index (χ1v) is 10.2. The zero-order chi connectivity index (χ0) is 19.2. The number of sulfonamides is 1. The van der Waals surface area contributed by atoms with Gasteiger partial charge in [0.1, 0.15) is 0 Å². The van der Waals surface area contributed by atoms with Crippen LogP contribution in [-0.4, -0.2) is 41.5 Å². The van der Waals surface area contributed by atoms with E-state index in [9.17, 15) is 13.2 Å². The van der Waals surface area contributed by atoms with Gasteiger partial charge in [-0.2, -0.15) is 9.40 Å². The van der Waals surface area contributed by atoms with E-state index in [1.54, 1.807) is 29.9 Å². The molecule has 1 heterocycles. The molecule has 0 aliphatic carbocycles. The van der Waals surface area contributed by atoms with Crippen LogP contribution in [0.4, 0.5) is 5.69 Å². The summed E-state index contributed by atoms with van der Waals surface area (Å²) in [5.74, 6) is -0.146. The largest absolute Gasteiger partial charge is 0.326 e. The number of nitrogens with one attached hydrogen (secondary N) is 1. The van der Waals surface area contributed by atoms with E-state index in [0.717, 1.165) is 0 Å². The van der Waals surface area contributed by atoms with Crippen molar-refractivity contribution < 1.29 is 13.2 Å². The van der Waals surface area contributed by atoms with Gasteiger partial charge in [0.15, 0.2) is 0 Å². The third-order valence-corrected chi connectivity index (χ3v) is 6.34. The van der Waals surface area contributed by atoms with Gasteiger partial charge in [-0.05, 0) is 37.1 Å². The fourth-order valence-corrected chi connectivity index (χ4v) is 4.43. The fourth-order valence-electron chi connectivity index (χ4n) is 2.72. The average Bonchev–Trinajstić information content (AvgIpc) is 3.10. The molecule has 8 heteroatoms. The molecule has 0 saturated heterocycles. The highest BCUT2D eigenvalue weighted by atomic mass is 32.2. The zero-order valence-electron chi connectivity index (χ0n) is 15.5. The molecule has 0 aliphatic heterocycles. The Balaban J connectivity index is 2.05. The van der Waals surface area contributed by atoms with Crippen molar-refractivity contribution in [3.8, 4) is 0 Å². The Kier molecular flexibility index (Phi) is 6.93. The quantitative estimate of drug-likeness (QED) is 0.727. The smallest absolute Gasteiger partial charge is 0.243 e. The maximum Gasteiger partial charge on any atom is 0.243 e. The van der Waals surface area contributed by atoms with Crippen LogP contribution in [0.1, 0.15) is 32.3 Å². The molecule has 1 aromatic carbocycles. The van der Waals surface area contributed by atoms with Gasteiger partial charge in [-0.25, -0.2) is 8.42 Å². The van der Waals surface area contributed by atoms with E-state index >= 15 is 0 Å². The van der Waals surface area contributed by atoms with Gasteiger partial charge in [0.2, 0.25) is 15.9 Å². The molecule has 7 nitrogen and oxygen atoms in total. The van der Waals surface area contributed by atoms with Gasteiger partial charge in [-0.1, -0.05) is 19.9 Å². The summed E-state index contributed by atoms with van der Waals surface area (Å²) in [6, 6.07) is 6.82. The van der Waals surface area contributed by atoms with Crippen molar-refractivity contribution in [1.29, 1.82) is 0 Å². The van der Waals surface area contributed by atoms with Gasteiger partial charge >= 0.3 is 0 Å². The number of nitrogens with zero attached hydrogens (tertiary/aromatic N) is 3. The van der Waals surface area contributed by atoms with Crippen LogP contribution in [0.2, 0.25) is 0 Å². The van der Waals surface area contributed by atoms with Crippen LogP contribution in [0.3, 0.4) is 0 Å². The molecule has 2 rings (SSSR count). The van der Waals surface area contributed by atoms with Crippen LogP contribution in [-0.2, 0) is 21.4 Å². The Bertz CT molecular complexity index is 828. The number of hydrogen-bond acceptors (Lipinski definition) is 4. The van der Waals surface area contributed by atoms with Crippen molar-refractivity contribution >= 4 is 21.6 Å². The normalized spacial score (nSPS) is 11.7. The topological polar surface area (TPSA) is 84.3 Å². The Morgan fingerprint density at radius 1 is 1.27 bits per heavy atom. The Morgan fingerprint density at radius 2 is 2.00 bits per heavy atom. The summed E-state index contributed by atoms with van der Waals surface area (Å²) in [4.78, 5) is 12.4. The highest BCUT2D eigenvalue weighted by Crippen LogP contribution is 2.23. The summed E-state index contributed by atoms with van der Waals surface area (Å²) in [7, 11) is -3.57. The van der Waals surface area contributed by atoms with Gasteiger partial charge in [0, 0.05) is 44.1 Å². The molecule has 142 valence electrons. The lowest BCUT2D eigenvalue weighted by Gasteiger charge is -2.20. The number of benzene rings is 1. The Hall–Kier alpha value is -2.19. The van der Waals surface area contributed by atoms with Gasteiger partial charge in [-0.15, -0.1) is 0 Å². The summed E-state index contributed by atoms with van der Waals surface area (Å²) >= 11 is 0. The van der Waals surface area contributed by atoms with Crippen LogP contribution >= 0.6 is 0 Å². The summed E-state index contributed by atoms with van der Waals surface area (Å²) in [5, 5.41) is 6.88. The third kappa shape index (κ3) is 4.92. The first-order chi connectivity index (χ1) is 12.4. The maximum atomic E-state index is 12.8. The maximum absolute atomic E-state index is 12.8. The van der Waals surface area contributed by atoms with Crippen molar-refractivity contribution in [2.45, 2.75) is 45.1 Å². The summed E-state index contributed by atoms with van der Waals surface area (Å²) in [6.45, 7) is 6.84. The summed E-state index contributed by atoms with van der Waals surface area (Å²) < 4.78 is 28.7. The molecule has 0 atom stereocenters. The predicted octanol–water partition coefficient (Wildman–Crippen LogP) is 2.64. The molecule has 0 radical (unpaired) electrons. The standard InChI is InChI=1S/C18H26N4O3S/c1-4-22(5-2)26(24,25)17-14-16(10-9-15(17)3)20-18(23)8-6-12-21-13-7-11-19-21/h7,9-11,13-14H,4-6,8,12H2,1-3H3,(H,20,23). The van der Waals surface area contributed by atoms with E-state index in [-0.39, 0.29) is 10.8 Å². The van der Waals surface area contributed by atoms with E-state index in [4.69, 9.17) is 0 Å². The van der Waals surface area contributed by atoms with E-state index < -0.39 is 10.0 Å². The molecule has 0 aliphatic rings. The van der Waals surface area contributed by atoms with E-state index in [2.05, 4.69) is 10.4 Å². The molecular weight excluding hydrogens is 352 g/mol. The number of anilines is 1. The van der Waals surface area contributed by atoms with Gasteiger partial charge < -0.3 is 5.32 Å². The summed E-state index contributed by atoms with van der Waals surface area (Å²) in [6.07, 6.45) is 4.54. The van der Waals surface area contributed by atoms with E-state index in [1.807, 2.05) is 26.1 Å². The monoisotopic (exact) mass is 378 g/mol. The van der Waals surface area contributed by atoms with Crippen LogP contribution < -0.4 is 5.32 Å². The Morgan fingerprint density at radius 3 is 2.62 bits per heavy atom. The highest BCUT2D eigenvalue weighted by Gasteiger charge is 2.24. The second kappa shape index (κ2) is 8.95. The molecule has 1 amide bonds. The molecule has 0 bridgehead atoms. The number of hydrogen-bond donors (Lipinski definition) is 1. The molecule has 0 spiro atoms. The minimum Gasteiger partial charge on any atom is -0.326 e. The van der Waals surface area contributed by atoms with Crippen LogP contribution in [0, 0.1) is 6.92 Å². The number of aromatic nitrogens is 2. The number of aryl methyl sites for hydroxylation is 2. The zero-order valence-corrected chi connectivity index (χ0v) is 16.3. The fraction of sp³-hybridized carbons (Fsp3) is 0.444. The van der Waals surface area contributed by atoms with Crippen molar-refractivity contribution in [1.82, 2.24) is 14.1 Å². The molecule has 2 aromatic rings. The average molecular weight is 378 g/mol. The minimum absolute atomic E-state index is 0.146. The molecule has 0 fully saturated rings. The van der Waals surface area contributed by atoms with Crippen LogP contribution in [0.15, 0.2) is 41.6 Å². The summed E-state index contributed by atoms with van der Waals surface area (Å²) in [5.41, 5.74) is 1.15. The molecular formula is C18H26N4O3S. The molecule has 0 saturated carbocycles. The van der Waals surface area contributed by atoms with Crippen LogP contribution in [0.25, 0.3) is 0 Å². The van der Waals surface area contributed by atoms with Crippen LogP contribution in [0.5, 0.6) is 0 Å². The number of carbonyl (C=O) groups excluding carboxylic acids is 1. The second-order valence-corrected chi connectivity index (χ2v) is 7.90. The highest BCUT2D eigenvalue weighted by molar-refractivity contribution is 7.89. The van der Waals surface area contributed by atoms with E-state index in [1.165, 1.54) is 10.4 Å². The molecule has 1 N–H and O–H groups in total. The first kappa shape index (κ1) is 20.1. The van der Waals surface area contributed by atoms with E-state index in [0.29, 0.717) is 43.7 Å². The minimum atomic E-state index is -3.57. The van der Waals surface area contributed by atoms with Gasteiger partial charge in [0.05, 0.1) is 4.90 Å². The number of carbonyl (C=O) groups is 1. The SMILES string of the molecule is CCN(CC)S(=O)(=O)c1cc(NC(=O)CCCn2cccn2)ccc1C. The lowest BCUT2D eigenvalue weighted by molar-refractivity contribution is -0.116. The lowest BCUT2D eigenvalue weighted by Crippen LogP contribution is -2.31. The molecule has 0 unspecified atom stereocenters. The van der Waals surface area contributed by atoms with Crippen molar-refractivity contribution in [3.63, 3.8) is 0 Å². The third-order valence-electron chi connectivity index (χ3n) is 4.15. The van der Waals surface area contributed by atoms with Crippen molar-refractivity contribution in [2.75, 3.05) is 18.4 Å². The van der Waals surface area contributed by atoms with Crippen molar-refractivity contribution in [3.05, 3.63) is 42.2 Å². The predicted molar refractivity (Wildman–Crippen MR) is 101 cm³/mol.